The fourth-order valence-corrected chi connectivity index (χ4v) is 3.55. The third kappa shape index (κ3) is 3.02. The van der Waals surface area contributed by atoms with Crippen molar-refractivity contribution in [2.24, 2.45) is 5.92 Å². The van der Waals surface area contributed by atoms with Crippen molar-refractivity contribution in [1.29, 1.82) is 0 Å². The van der Waals surface area contributed by atoms with Crippen LogP contribution in [0, 0.1) is 5.92 Å². The molecular formula is C17H23ClN2. The van der Waals surface area contributed by atoms with Crippen molar-refractivity contribution in [3.05, 3.63) is 35.0 Å². The van der Waals surface area contributed by atoms with Crippen LogP contribution in [0.15, 0.2) is 24.4 Å². The predicted octanol–water partition coefficient (Wildman–Crippen LogP) is 4.88. The fourth-order valence-electron chi connectivity index (χ4n) is 3.38. The Hall–Kier alpha value is -0.990. The standard InChI is InChI=1S/C17H23ClN2/c1-12(13-5-3-2-4-6-13)19-10-14-11-20-17-9-15(18)7-8-16(14)17/h7-9,11-13,19-20H,2-6,10H2,1H3/t12-/m1/s1. The zero-order valence-electron chi connectivity index (χ0n) is 12.1. The summed E-state index contributed by atoms with van der Waals surface area (Å²) in [5.41, 5.74) is 2.46. The van der Waals surface area contributed by atoms with E-state index < -0.39 is 0 Å². The van der Waals surface area contributed by atoms with Gasteiger partial charge in [-0.25, -0.2) is 0 Å². The molecule has 1 atom stereocenters. The summed E-state index contributed by atoms with van der Waals surface area (Å²) in [7, 11) is 0. The summed E-state index contributed by atoms with van der Waals surface area (Å²) in [6.45, 7) is 3.26. The van der Waals surface area contributed by atoms with Crippen molar-refractivity contribution in [1.82, 2.24) is 10.3 Å². The van der Waals surface area contributed by atoms with Gasteiger partial charge in [0.1, 0.15) is 0 Å². The second-order valence-electron chi connectivity index (χ2n) is 6.07. The number of rotatable bonds is 4. The van der Waals surface area contributed by atoms with Gasteiger partial charge >= 0.3 is 0 Å². The molecule has 20 heavy (non-hydrogen) atoms. The van der Waals surface area contributed by atoms with Gasteiger partial charge in [0.2, 0.25) is 0 Å². The van der Waals surface area contributed by atoms with Crippen molar-refractivity contribution >= 4 is 22.5 Å². The molecule has 1 aliphatic carbocycles. The number of hydrogen-bond acceptors (Lipinski definition) is 1. The van der Waals surface area contributed by atoms with Crippen LogP contribution in [0.25, 0.3) is 10.9 Å². The molecule has 1 heterocycles. The van der Waals surface area contributed by atoms with E-state index in [1.54, 1.807) is 0 Å². The quantitative estimate of drug-likeness (QED) is 0.825. The molecule has 1 aliphatic rings. The minimum Gasteiger partial charge on any atom is -0.361 e. The number of aromatic amines is 1. The monoisotopic (exact) mass is 290 g/mol. The molecule has 1 aromatic carbocycles. The molecule has 2 nitrogen and oxygen atoms in total. The molecule has 2 aromatic rings. The van der Waals surface area contributed by atoms with Gasteiger partial charge in [-0.2, -0.15) is 0 Å². The Bertz CT molecular complexity index is 569. The lowest BCUT2D eigenvalue weighted by Gasteiger charge is -2.28. The molecule has 3 rings (SSSR count). The van der Waals surface area contributed by atoms with Gasteiger partial charge in [0.25, 0.3) is 0 Å². The maximum absolute atomic E-state index is 6.02. The van der Waals surface area contributed by atoms with Crippen molar-refractivity contribution in [3.63, 3.8) is 0 Å². The van der Waals surface area contributed by atoms with Crippen LogP contribution in [0.3, 0.4) is 0 Å². The van der Waals surface area contributed by atoms with E-state index in [1.807, 2.05) is 12.1 Å². The number of H-pyrrole nitrogens is 1. The molecule has 2 N–H and O–H groups in total. The summed E-state index contributed by atoms with van der Waals surface area (Å²) in [5.74, 6) is 0.850. The van der Waals surface area contributed by atoms with Gasteiger partial charge in [-0.1, -0.05) is 36.9 Å². The first-order chi connectivity index (χ1) is 9.74. The Labute approximate surface area is 125 Å². The third-order valence-electron chi connectivity index (χ3n) is 4.70. The van der Waals surface area contributed by atoms with Crippen LogP contribution >= 0.6 is 11.6 Å². The van der Waals surface area contributed by atoms with Gasteiger partial charge in [0.05, 0.1) is 0 Å². The third-order valence-corrected chi connectivity index (χ3v) is 4.94. The van der Waals surface area contributed by atoms with Gasteiger partial charge in [-0.3, -0.25) is 0 Å². The van der Waals surface area contributed by atoms with Crippen LogP contribution in [0.5, 0.6) is 0 Å². The van der Waals surface area contributed by atoms with Crippen LogP contribution in [0.2, 0.25) is 5.02 Å². The summed E-state index contributed by atoms with van der Waals surface area (Å²) < 4.78 is 0. The Morgan fingerprint density at radius 1 is 1.30 bits per heavy atom. The molecule has 0 amide bonds. The first-order valence-electron chi connectivity index (χ1n) is 7.73. The number of benzene rings is 1. The smallest absolute Gasteiger partial charge is 0.0472 e. The summed E-state index contributed by atoms with van der Waals surface area (Å²) in [6, 6.07) is 6.67. The number of nitrogens with one attached hydrogen (secondary N) is 2. The highest BCUT2D eigenvalue weighted by Gasteiger charge is 2.19. The number of fused-ring (bicyclic) bond motifs is 1. The second-order valence-corrected chi connectivity index (χ2v) is 6.51. The lowest BCUT2D eigenvalue weighted by Crippen LogP contribution is -2.34. The van der Waals surface area contributed by atoms with Gasteiger partial charge in [-0.05, 0) is 43.4 Å². The van der Waals surface area contributed by atoms with Crippen LogP contribution < -0.4 is 5.32 Å². The Morgan fingerprint density at radius 3 is 2.90 bits per heavy atom. The molecule has 0 unspecified atom stereocenters. The predicted molar refractivity (Wildman–Crippen MR) is 86.2 cm³/mol. The summed E-state index contributed by atoms with van der Waals surface area (Å²) in [4.78, 5) is 3.31. The van der Waals surface area contributed by atoms with Crippen LogP contribution in [0.1, 0.15) is 44.6 Å². The SMILES string of the molecule is C[C@@H](NCc1c[nH]c2cc(Cl)ccc12)C1CCCCC1. The van der Waals surface area contributed by atoms with E-state index in [-0.39, 0.29) is 0 Å². The maximum Gasteiger partial charge on any atom is 0.0472 e. The summed E-state index contributed by atoms with van der Waals surface area (Å²) >= 11 is 6.02. The van der Waals surface area contributed by atoms with Crippen molar-refractivity contribution in [2.45, 2.75) is 51.6 Å². The molecule has 0 radical (unpaired) electrons. The van der Waals surface area contributed by atoms with E-state index in [1.165, 1.54) is 43.1 Å². The molecule has 0 bridgehead atoms. The lowest BCUT2D eigenvalue weighted by atomic mass is 9.84. The molecule has 0 spiro atoms. The zero-order valence-corrected chi connectivity index (χ0v) is 12.8. The average Bonchev–Trinajstić information content (AvgIpc) is 2.88. The first kappa shape index (κ1) is 14.0. The number of aromatic nitrogens is 1. The van der Waals surface area contributed by atoms with Crippen molar-refractivity contribution in [2.75, 3.05) is 0 Å². The highest BCUT2D eigenvalue weighted by atomic mass is 35.5. The Kier molecular flexibility index (Phi) is 4.32. The van der Waals surface area contributed by atoms with E-state index in [9.17, 15) is 0 Å². The Morgan fingerprint density at radius 2 is 2.10 bits per heavy atom. The molecule has 108 valence electrons. The Balaban J connectivity index is 1.64. The highest BCUT2D eigenvalue weighted by Crippen LogP contribution is 2.27. The minimum absolute atomic E-state index is 0.604. The van der Waals surface area contributed by atoms with Gasteiger partial charge in [-0.15, -0.1) is 0 Å². The molecule has 0 aliphatic heterocycles. The van der Waals surface area contributed by atoms with E-state index >= 15 is 0 Å². The first-order valence-corrected chi connectivity index (χ1v) is 8.11. The highest BCUT2D eigenvalue weighted by molar-refractivity contribution is 6.31. The van der Waals surface area contributed by atoms with Crippen LogP contribution in [-0.4, -0.2) is 11.0 Å². The van der Waals surface area contributed by atoms with E-state index in [2.05, 4.69) is 29.5 Å². The largest absolute Gasteiger partial charge is 0.361 e. The van der Waals surface area contributed by atoms with E-state index in [0.717, 1.165) is 23.0 Å². The molecule has 1 fully saturated rings. The van der Waals surface area contributed by atoms with Crippen molar-refractivity contribution in [3.8, 4) is 0 Å². The van der Waals surface area contributed by atoms with E-state index in [0.29, 0.717) is 6.04 Å². The van der Waals surface area contributed by atoms with Crippen LogP contribution in [-0.2, 0) is 6.54 Å². The number of hydrogen-bond donors (Lipinski definition) is 2. The molecule has 1 saturated carbocycles. The van der Waals surface area contributed by atoms with Crippen molar-refractivity contribution < 1.29 is 0 Å². The summed E-state index contributed by atoms with van der Waals surface area (Å²) in [5, 5.41) is 5.77. The topological polar surface area (TPSA) is 27.8 Å². The molecular weight excluding hydrogens is 268 g/mol. The van der Waals surface area contributed by atoms with Gasteiger partial charge in [0.15, 0.2) is 0 Å². The maximum atomic E-state index is 6.02. The minimum atomic E-state index is 0.604. The summed E-state index contributed by atoms with van der Waals surface area (Å²) in [6.07, 6.45) is 9.11. The fraction of sp³-hybridized carbons (Fsp3) is 0.529. The molecule has 0 saturated heterocycles. The average molecular weight is 291 g/mol. The second kappa shape index (κ2) is 6.19. The molecule has 1 aromatic heterocycles. The zero-order chi connectivity index (χ0) is 13.9. The normalized spacial score (nSPS) is 18.5. The van der Waals surface area contributed by atoms with Crippen LogP contribution in [0.4, 0.5) is 0 Å². The lowest BCUT2D eigenvalue weighted by molar-refractivity contribution is 0.281. The molecule has 3 heteroatoms. The van der Waals surface area contributed by atoms with Gasteiger partial charge < -0.3 is 10.3 Å². The van der Waals surface area contributed by atoms with E-state index in [4.69, 9.17) is 11.6 Å². The van der Waals surface area contributed by atoms with Gasteiger partial charge in [0, 0.05) is 34.7 Å². The number of halogens is 1.